The van der Waals surface area contributed by atoms with Gasteiger partial charge in [-0.2, -0.15) is 0 Å². The summed E-state index contributed by atoms with van der Waals surface area (Å²) >= 11 is 0. The fraction of sp³-hybridized carbons (Fsp3) is 0.364. The van der Waals surface area contributed by atoms with Crippen LogP contribution < -0.4 is 5.32 Å². The molecular formula is C11H13NO2. The van der Waals surface area contributed by atoms with Gasteiger partial charge in [0.25, 0.3) is 0 Å². The summed E-state index contributed by atoms with van der Waals surface area (Å²) in [5, 5.41) is 12.2. The number of nitrogens with one attached hydrogen (secondary N) is 1. The van der Waals surface area contributed by atoms with Gasteiger partial charge in [-0.1, -0.05) is 12.1 Å². The molecule has 0 spiro atoms. The Morgan fingerprint density at radius 1 is 1.50 bits per heavy atom. The van der Waals surface area contributed by atoms with Gasteiger partial charge in [0.15, 0.2) is 0 Å². The molecule has 2 rings (SSSR count). The molecular weight excluding hydrogens is 178 g/mol. The molecule has 0 amide bonds. The van der Waals surface area contributed by atoms with Crippen molar-refractivity contribution in [1.29, 1.82) is 0 Å². The summed E-state index contributed by atoms with van der Waals surface area (Å²) < 4.78 is 0. The molecule has 0 bridgehead atoms. The fourth-order valence-corrected chi connectivity index (χ4v) is 2.06. The topological polar surface area (TPSA) is 49.3 Å². The van der Waals surface area contributed by atoms with E-state index in [4.69, 9.17) is 5.11 Å². The van der Waals surface area contributed by atoms with Gasteiger partial charge in [-0.05, 0) is 37.1 Å². The van der Waals surface area contributed by atoms with Gasteiger partial charge in [0.1, 0.15) is 0 Å². The quantitative estimate of drug-likeness (QED) is 0.735. The van der Waals surface area contributed by atoms with E-state index in [9.17, 15) is 4.79 Å². The van der Waals surface area contributed by atoms with Crippen LogP contribution >= 0.6 is 0 Å². The number of carbonyl (C=O) groups is 1. The number of carboxylic acid groups (broad SMARTS) is 1. The molecule has 1 atom stereocenters. The smallest absolute Gasteiger partial charge is 0.335 e. The lowest BCUT2D eigenvalue weighted by Crippen LogP contribution is -2.25. The number of benzene rings is 1. The molecule has 1 unspecified atom stereocenters. The third kappa shape index (κ3) is 1.40. The van der Waals surface area contributed by atoms with Crippen LogP contribution in [0.3, 0.4) is 0 Å². The molecule has 0 saturated heterocycles. The molecule has 3 heteroatoms. The SMILES string of the molecule is CNC1Cc2cccc(C(=O)O)c2C1. The molecule has 0 aromatic heterocycles. The van der Waals surface area contributed by atoms with Crippen molar-refractivity contribution in [3.8, 4) is 0 Å². The molecule has 0 saturated carbocycles. The number of rotatable bonds is 2. The van der Waals surface area contributed by atoms with Gasteiger partial charge in [0, 0.05) is 6.04 Å². The largest absolute Gasteiger partial charge is 0.478 e. The van der Waals surface area contributed by atoms with Crippen LogP contribution in [-0.2, 0) is 12.8 Å². The summed E-state index contributed by atoms with van der Waals surface area (Å²) in [6, 6.07) is 5.91. The number of fused-ring (bicyclic) bond motifs is 1. The Bertz CT molecular complexity index is 374. The van der Waals surface area contributed by atoms with Crippen molar-refractivity contribution in [1.82, 2.24) is 5.32 Å². The minimum Gasteiger partial charge on any atom is -0.478 e. The normalized spacial score (nSPS) is 19.4. The first-order chi connectivity index (χ1) is 6.72. The molecule has 1 aromatic rings. The van der Waals surface area contributed by atoms with Crippen molar-refractivity contribution in [3.63, 3.8) is 0 Å². The van der Waals surface area contributed by atoms with E-state index in [2.05, 4.69) is 5.32 Å². The highest BCUT2D eigenvalue weighted by Crippen LogP contribution is 2.25. The van der Waals surface area contributed by atoms with Crippen LogP contribution in [0.1, 0.15) is 21.5 Å². The number of hydrogen-bond donors (Lipinski definition) is 2. The average Bonchev–Trinajstić information content (AvgIpc) is 2.59. The summed E-state index contributed by atoms with van der Waals surface area (Å²) in [6.45, 7) is 0. The zero-order valence-corrected chi connectivity index (χ0v) is 8.08. The monoisotopic (exact) mass is 191 g/mol. The third-order valence-corrected chi connectivity index (χ3v) is 2.83. The first-order valence-corrected chi connectivity index (χ1v) is 4.73. The maximum absolute atomic E-state index is 10.9. The van der Waals surface area contributed by atoms with E-state index in [1.165, 1.54) is 5.56 Å². The van der Waals surface area contributed by atoms with Crippen molar-refractivity contribution in [3.05, 3.63) is 34.9 Å². The minimum absolute atomic E-state index is 0.394. The molecule has 0 aliphatic heterocycles. The number of carboxylic acids is 1. The molecule has 74 valence electrons. The minimum atomic E-state index is -0.821. The zero-order chi connectivity index (χ0) is 10.1. The summed E-state index contributed by atoms with van der Waals surface area (Å²) in [4.78, 5) is 10.9. The fourth-order valence-electron chi connectivity index (χ4n) is 2.06. The van der Waals surface area contributed by atoms with Crippen LogP contribution in [-0.4, -0.2) is 24.2 Å². The molecule has 2 N–H and O–H groups in total. The van der Waals surface area contributed by atoms with Crippen LogP contribution in [0.2, 0.25) is 0 Å². The van der Waals surface area contributed by atoms with E-state index in [0.29, 0.717) is 11.6 Å². The maximum Gasteiger partial charge on any atom is 0.335 e. The number of likely N-dealkylation sites (N-methyl/N-ethyl adjacent to an activating group) is 1. The van der Waals surface area contributed by atoms with Crippen molar-refractivity contribution < 1.29 is 9.90 Å². The summed E-state index contributed by atoms with van der Waals surface area (Å²) in [6.07, 6.45) is 1.77. The third-order valence-electron chi connectivity index (χ3n) is 2.83. The Hall–Kier alpha value is -1.35. The van der Waals surface area contributed by atoms with Gasteiger partial charge in [-0.3, -0.25) is 0 Å². The predicted molar refractivity (Wildman–Crippen MR) is 53.7 cm³/mol. The number of aromatic carboxylic acids is 1. The molecule has 0 radical (unpaired) electrons. The van der Waals surface area contributed by atoms with Crippen molar-refractivity contribution in [2.45, 2.75) is 18.9 Å². The Kier molecular flexibility index (Phi) is 2.25. The lowest BCUT2D eigenvalue weighted by Gasteiger charge is -2.05. The van der Waals surface area contributed by atoms with Gasteiger partial charge >= 0.3 is 5.97 Å². The van der Waals surface area contributed by atoms with E-state index >= 15 is 0 Å². The summed E-state index contributed by atoms with van der Waals surface area (Å²) in [5.41, 5.74) is 2.63. The zero-order valence-electron chi connectivity index (χ0n) is 8.08. The Morgan fingerprint density at radius 3 is 2.93 bits per heavy atom. The van der Waals surface area contributed by atoms with Crippen LogP contribution in [0.4, 0.5) is 0 Å². The number of hydrogen-bond acceptors (Lipinski definition) is 2. The van der Waals surface area contributed by atoms with Gasteiger partial charge < -0.3 is 10.4 Å². The lowest BCUT2D eigenvalue weighted by atomic mass is 10.0. The lowest BCUT2D eigenvalue weighted by molar-refractivity contribution is 0.0695. The van der Waals surface area contributed by atoms with Gasteiger partial charge in [-0.25, -0.2) is 4.79 Å². The van der Waals surface area contributed by atoms with Gasteiger partial charge in [0.05, 0.1) is 5.56 Å². The van der Waals surface area contributed by atoms with Gasteiger partial charge in [-0.15, -0.1) is 0 Å². The van der Waals surface area contributed by atoms with E-state index in [1.807, 2.05) is 19.2 Å². The second-order valence-electron chi connectivity index (χ2n) is 3.64. The van der Waals surface area contributed by atoms with E-state index in [1.54, 1.807) is 6.07 Å². The highest BCUT2D eigenvalue weighted by molar-refractivity contribution is 5.90. The second-order valence-corrected chi connectivity index (χ2v) is 3.64. The molecule has 14 heavy (non-hydrogen) atoms. The highest BCUT2D eigenvalue weighted by atomic mass is 16.4. The van der Waals surface area contributed by atoms with Crippen LogP contribution in [0.15, 0.2) is 18.2 Å². The second kappa shape index (κ2) is 3.42. The first-order valence-electron chi connectivity index (χ1n) is 4.73. The van der Waals surface area contributed by atoms with Crippen LogP contribution in [0, 0.1) is 0 Å². The van der Waals surface area contributed by atoms with E-state index < -0.39 is 5.97 Å². The van der Waals surface area contributed by atoms with E-state index in [0.717, 1.165) is 18.4 Å². The predicted octanol–water partition coefficient (Wildman–Crippen LogP) is 1.07. The molecule has 0 heterocycles. The Balaban J connectivity index is 2.41. The molecule has 1 aliphatic rings. The average molecular weight is 191 g/mol. The van der Waals surface area contributed by atoms with Crippen molar-refractivity contribution in [2.24, 2.45) is 0 Å². The van der Waals surface area contributed by atoms with Gasteiger partial charge in [0.2, 0.25) is 0 Å². The maximum atomic E-state index is 10.9. The Labute approximate surface area is 82.8 Å². The van der Waals surface area contributed by atoms with Crippen LogP contribution in [0.5, 0.6) is 0 Å². The van der Waals surface area contributed by atoms with Crippen molar-refractivity contribution >= 4 is 5.97 Å². The Morgan fingerprint density at radius 2 is 2.29 bits per heavy atom. The first kappa shape index (κ1) is 9.21. The molecule has 1 aliphatic carbocycles. The van der Waals surface area contributed by atoms with E-state index in [-0.39, 0.29) is 0 Å². The highest BCUT2D eigenvalue weighted by Gasteiger charge is 2.24. The molecule has 0 fully saturated rings. The molecule has 3 nitrogen and oxygen atoms in total. The summed E-state index contributed by atoms with van der Waals surface area (Å²) in [5.74, 6) is -0.821. The van der Waals surface area contributed by atoms with Crippen molar-refractivity contribution in [2.75, 3.05) is 7.05 Å². The standard InChI is InChI=1S/C11H13NO2/c1-12-8-5-7-3-2-4-9(11(13)14)10(7)6-8/h2-4,8,12H,5-6H2,1H3,(H,13,14). The van der Waals surface area contributed by atoms with Crippen LogP contribution in [0.25, 0.3) is 0 Å². The summed E-state index contributed by atoms with van der Waals surface area (Å²) in [7, 11) is 1.91. The molecule has 1 aromatic carbocycles.